The normalized spacial score (nSPS) is 19.0. The average Bonchev–Trinajstić information content (AvgIpc) is 3.58. The molecular weight excluding hydrogens is 540 g/mol. The van der Waals surface area contributed by atoms with E-state index in [9.17, 15) is 28.8 Å². The third kappa shape index (κ3) is 8.36. The molecule has 4 unspecified atom stereocenters. The Morgan fingerprint density at radius 1 is 1.02 bits per heavy atom. The molecule has 1 aliphatic carbocycles. The number of likely N-dealkylation sites (tertiary alicyclic amines) is 1. The Labute approximate surface area is 246 Å². The molecule has 2 aliphatic rings. The number of ketones is 2. The summed E-state index contributed by atoms with van der Waals surface area (Å²) in [6, 6.07) is 0.586. The lowest BCUT2D eigenvalue weighted by Crippen LogP contribution is -2.61. The van der Waals surface area contributed by atoms with E-state index in [1.54, 1.807) is 59.7 Å². The smallest absolute Gasteiger partial charge is 0.316 e. The summed E-state index contributed by atoms with van der Waals surface area (Å²) in [4.78, 5) is 83.2. The molecule has 0 aromatic carbocycles. The van der Waals surface area contributed by atoms with Gasteiger partial charge >= 0.3 is 6.03 Å². The Morgan fingerprint density at radius 2 is 1.69 bits per heavy atom. The van der Waals surface area contributed by atoms with E-state index >= 15 is 0 Å². The van der Waals surface area contributed by atoms with Crippen LogP contribution >= 0.6 is 0 Å². The highest BCUT2D eigenvalue weighted by Crippen LogP contribution is 2.34. The lowest BCUT2D eigenvalue weighted by molar-refractivity contribution is -0.143. The number of amides is 5. The van der Waals surface area contributed by atoms with Gasteiger partial charge in [0.1, 0.15) is 17.8 Å². The van der Waals surface area contributed by atoms with Crippen molar-refractivity contribution >= 4 is 35.3 Å². The zero-order chi connectivity index (χ0) is 31.4. The summed E-state index contributed by atoms with van der Waals surface area (Å²) in [5.74, 6) is -3.31. The molecule has 1 aliphatic heterocycles. The number of hydrogen-bond acceptors (Lipinski definition) is 7. The van der Waals surface area contributed by atoms with Crippen molar-refractivity contribution in [3.05, 3.63) is 29.6 Å². The highest BCUT2D eigenvalue weighted by Gasteiger charge is 2.43. The van der Waals surface area contributed by atoms with Crippen molar-refractivity contribution < 1.29 is 28.8 Å². The Bertz CT molecular complexity index is 1220. The van der Waals surface area contributed by atoms with Gasteiger partial charge in [0.15, 0.2) is 0 Å². The number of urea groups is 1. The topological polar surface area (TPSA) is 181 Å². The van der Waals surface area contributed by atoms with Gasteiger partial charge in [-0.05, 0) is 55.6 Å². The number of nitrogens with one attached hydrogen (secondary N) is 3. The van der Waals surface area contributed by atoms with Gasteiger partial charge in [-0.2, -0.15) is 0 Å². The predicted molar refractivity (Wildman–Crippen MR) is 155 cm³/mol. The quantitative estimate of drug-likeness (QED) is 0.213. The number of pyridine rings is 1. The number of nitrogens with zero attached hydrogens (tertiary/aromatic N) is 2. The maximum absolute atomic E-state index is 13.9. The first-order chi connectivity index (χ1) is 19.6. The molecule has 12 nitrogen and oxygen atoms in total. The van der Waals surface area contributed by atoms with Crippen LogP contribution in [0.5, 0.6) is 0 Å². The molecule has 0 bridgehead atoms. The molecule has 42 heavy (non-hydrogen) atoms. The first-order valence-electron chi connectivity index (χ1n) is 14.6. The molecule has 5 amide bonds. The van der Waals surface area contributed by atoms with Crippen LogP contribution in [0.25, 0.3) is 0 Å². The van der Waals surface area contributed by atoms with Crippen molar-refractivity contribution in [2.45, 2.75) is 97.8 Å². The number of Topliss-reactive ketones (excluding diaryl/α,β-unsaturated/α-hetero) is 2. The van der Waals surface area contributed by atoms with E-state index in [4.69, 9.17) is 5.73 Å². The van der Waals surface area contributed by atoms with Crippen LogP contribution in [0.1, 0.15) is 82.9 Å². The second-order valence-corrected chi connectivity index (χ2v) is 12.8. The van der Waals surface area contributed by atoms with E-state index in [1.165, 1.54) is 4.90 Å². The minimum absolute atomic E-state index is 0.234. The van der Waals surface area contributed by atoms with Gasteiger partial charge in [-0.25, -0.2) is 9.78 Å². The van der Waals surface area contributed by atoms with Gasteiger partial charge in [0.05, 0.1) is 12.1 Å². The van der Waals surface area contributed by atoms with Crippen molar-refractivity contribution in [1.82, 2.24) is 25.8 Å². The second kappa shape index (κ2) is 13.4. The van der Waals surface area contributed by atoms with Gasteiger partial charge in [0.2, 0.25) is 23.4 Å². The first-order valence-corrected chi connectivity index (χ1v) is 14.6. The van der Waals surface area contributed by atoms with Crippen LogP contribution in [0.15, 0.2) is 18.2 Å². The first kappa shape index (κ1) is 32.7. The van der Waals surface area contributed by atoms with Crippen LogP contribution < -0.4 is 21.7 Å². The van der Waals surface area contributed by atoms with Crippen LogP contribution in [0.3, 0.4) is 0 Å². The molecule has 1 aromatic rings. The van der Waals surface area contributed by atoms with Crippen molar-refractivity contribution in [3.8, 4) is 0 Å². The molecule has 5 N–H and O–H groups in total. The molecule has 0 spiro atoms. The predicted octanol–water partition coefficient (Wildman–Crippen LogP) is 1.64. The van der Waals surface area contributed by atoms with Crippen LogP contribution in [0.2, 0.25) is 0 Å². The molecule has 2 fully saturated rings. The molecule has 0 radical (unpaired) electrons. The standard InChI is InChI=1S/C30H44N6O6/c1-16(2)22(23(37)19-10-7-9-17(3)32-19)34-29(42)35-25(30(4,5)6)28(41)36-14-8-11-21(36)27(40)33-20(15-18-12-13-18)24(38)26(31)39/h7,9-10,16,18,20-22,25H,8,11-15H2,1-6H3,(H2,31,39)(H,33,40)(H2,34,35,42). The van der Waals surface area contributed by atoms with E-state index in [1.807, 2.05) is 0 Å². The monoisotopic (exact) mass is 584 g/mol. The van der Waals surface area contributed by atoms with Crippen molar-refractivity contribution in [3.63, 3.8) is 0 Å². The fourth-order valence-corrected chi connectivity index (χ4v) is 5.16. The van der Waals surface area contributed by atoms with E-state index < -0.39 is 59.1 Å². The van der Waals surface area contributed by atoms with Crippen molar-refractivity contribution in [2.24, 2.45) is 23.0 Å². The van der Waals surface area contributed by atoms with Crippen molar-refractivity contribution in [1.29, 1.82) is 0 Å². The summed E-state index contributed by atoms with van der Waals surface area (Å²) in [5, 5.41) is 8.12. The molecule has 230 valence electrons. The Kier molecular flexibility index (Phi) is 10.5. The third-order valence-electron chi connectivity index (χ3n) is 7.75. The Balaban J connectivity index is 1.73. The summed E-state index contributed by atoms with van der Waals surface area (Å²) < 4.78 is 0. The number of rotatable bonds is 12. The van der Waals surface area contributed by atoms with Gasteiger partial charge in [-0.15, -0.1) is 0 Å². The lowest BCUT2D eigenvalue weighted by atomic mass is 9.85. The van der Waals surface area contributed by atoms with Crippen LogP contribution in [-0.2, 0) is 19.2 Å². The Morgan fingerprint density at radius 3 is 2.24 bits per heavy atom. The largest absolute Gasteiger partial charge is 0.363 e. The van der Waals surface area contributed by atoms with Gasteiger partial charge in [0, 0.05) is 12.2 Å². The summed E-state index contributed by atoms with van der Waals surface area (Å²) in [7, 11) is 0. The summed E-state index contributed by atoms with van der Waals surface area (Å²) in [6.45, 7) is 11.0. The van der Waals surface area contributed by atoms with Crippen LogP contribution in [0.4, 0.5) is 4.79 Å². The van der Waals surface area contributed by atoms with Gasteiger partial charge < -0.3 is 26.6 Å². The maximum Gasteiger partial charge on any atom is 0.316 e. The fraction of sp³-hybridized carbons (Fsp3) is 0.633. The summed E-state index contributed by atoms with van der Waals surface area (Å²) in [5.41, 5.74) is 5.37. The molecule has 2 heterocycles. The number of nitrogens with two attached hydrogens (primary N) is 1. The van der Waals surface area contributed by atoms with E-state index in [0.717, 1.165) is 12.8 Å². The number of primary amides is 1. The molecule has 1 saturated heterocycles. The average molecular weight is 585 g/mol. The van der Waals surface area contributed by atoms with E-state index in [-0.39, 0.29) is 29.9 Å². The zero-order valence-corrected chi connectivity index (χ0v) is 25.4. The van der Waals surface area contributed by atoms with Gasteiger partial charge in [-0.1, -0.05) is 53.5 Å². The third-order valence-corrected chi connectivity index (χ3v) is 7.75. The molecule has 12 heteroatoms. The highest BCUT2D eigenvalue weighted by molar-refractivity contribution is 6.37. The highest BCUT2D eigenvalue weighted by atomic mass is 16.2. The summed E-state index contributed by atoms with van der Waals surface area (Å²) in [6.07, 6.45) is 3.08. The van der Waals surface area contributed by atoms with Crippen LogP contribution in [0, 0.1) is 24.2 Å². The minimum Gasteiger partial charge on any atom is -0.363 e. The SMILES string of the molecule is Cc1cccc(C(=O)C(NC(=O)NC(C(=O)N2CCCC2C(=O)NC(CC2CC2)C(=O)C(N)=O)C(C)(C)C)C(C)C)n1. The van der Waals surface area contributed by atoms with E-state index in [2.05, 4.69) is 20.9 Å². The zero-order valence-electron chi connectivity index (χ0n) is 25.4. The molecule has 1 saturated carbocycles. The molecular formula is C30H44N6O6. The lowest BCUT2D eigenvalue weighted by Gasteiger charge is -2.36. The fourth-order valence-electron chi connectivity index (χ4n) is 5.16. The maximum atomic E-state index is 13.9. The molecule has 1 aromatic heterocycles. The van der Waals surface area contributed by atoms with Crippen LogP contribution in [-0.4, -0.2) is 75.9 Å². The van der Waals surface area contributed by atoms with Gasteiger partial charge in [0.25, 0.3) is 5.91 Å². The number of aromatic nitrogens is 1. The number of aryl methyl sites for hydroxylation is 1. The molecule has 4 atom stereocenters. The molecule has 3 rings (SSSR count). The number of hydrogen-bond donors (Lipinski definition) is 4. The Hall–Kier alpha value is -3.83. The minimum atomic E-state index is -1.11. The number of carbonyl (C=O) groups is 6. The second-order valence-electron chi connectivity index (χ2n) is 12.8. The number of carbonyl (C=O) groups excluding carboxylic acids is 6. The van der Waals surface area contributed by atoms with Gasteiger partial charge in [-0.3, -0.25) is 24.0 Å². The summed E-state index contributed by atoms with van der Waals surface area (Å²) >= 11 is 0. The van der Waals surface area contributed by atoms with Crippen molar-refractivity contribution in [2.75, 3.05) is 6.54 Å². The van der Waals surface area contributed by atoms with E-state index in [0.29, 0.717) is 25.0 Å².